The molecule has 1 aromatic heterocycles. The van der Waals surface area contributed by atoms with Gasteiger partial charge in [0.25, 0.3) is 0 Å². The number of nitrogens with one attached hydrogen (secondary N) is 2. The third kappa shape index (κ3) is 5.38. The van der Waals surface area contributed by atoms with Crippen molar-refractivity contribution in [3.05, 3.63) is 66.4 Å². The van der Waals surface area contributed by atoms with Gasteiger partial charge in [-0.1, -0.05) is 56.8 Å². The van der Waals surface area contributed by atoms with E-state index in [0.717, 1.165) is 54.1 Å². The third-order valence-corrected chi connectivity index (χ3v) is 4.09. The Balaban J connectivity index is 2.00. The lowest BCUT2D eigenvalue weighted by molar-refractivity contribution is 0.911. The molecule has 4 heteroatoms. The van der Waals surface area contributed by atoms with Gasteiger partial charge < -0.3 is 16.4 Å². The van der Waals surface area contributed by atoms with Crippen LogP contribution in [-0.4, -0.2) is 11.5 Å². The van der Waals surface area contributed by atoms with Crippen LogP contribution in [-0.2, 0) is 0 Å². The summed E-state index contributed by atoms with van der Waals surface area (Å²) >= 11 is 0. The van der Waals surface area contributed by atoms with Crippen molar-refractivity contribution in [2.24, 2.45) is 0 Å². The molecule has 132 valence electrons. The molecule has 0 aliphatic carbocycles. The fourth-order valence-corrected chi connectivity index (χ4v) is 2.59. The Hall–Kier alpha value is -2.75. The maximum Gasteiger partial charge on any atom is 0.134 e. The summed E-state index contributed by atoms with van der Waals surface area (Å²) in [6, 6.07) is 12.2. The molecular weight excluding hydrogens is 308 g/mol. The summed E-state index contributed by atoms with van der Waals surface area (Å²) < 4.78 is 0. The maximum atomic E-state index is 6.06. The summed E-state index contributed by atoms with van der Waals surface area (Å²) in [6.45, 7) is 13.1. The van der Waals surface area contributed by atoms with Gasteiger partial charge in [0.15, 0.2) is 0 Å². The lowest BCUT2D eigenvalue weighted by Crippen LogP contribution is -2.09. The van der Waals surface area contributed by atoms with Crippen LogP contribution in [0.2, 0.25) is 0 Å². The second kappa shape index (κ2) is 8.92. The summed E-state index contributed by atoms with van der Waals surface area (Å²) in [6.07, 6.45) is 2.81. The average Bonchev–Trinajstić information content (AvgIpc) is 2.59. The number of nitrogens with zero attached hydrogens (tertiary/aromatic N) is 1. The molecule has 2 rings (SSSR count). The van der Waals surface area contributed by atoms with E-state index in [1.165, 1.54) is 5.56 Å². The lowest BCUT2D eigenvalue weighted by atomic mass is 10.0. The topological polar surface area (TPSA) is 63.0 Å². The minimum absolute atomic E-state index is 0.527. The van der Waals surface area contributed by atoms with E-state index in [1.54, 1.807) is 0 Å². The van der Waals surface area contributed by atoms with Crippen molar-refractivity contribution in [1.82, 2.24) is 4.98 Å². The first-order valence-electron chi connectivity index (χ1n) is 8.70. The molecule has 0 unspecified atom stereocenters. The largest absolute Gasteiger partial charge is 0.384 e. The number of allylic oxidation sites excluding steroid dienone is 1. The summed E-state index contributed by atoms with van der Waals surface area (Å²) in [5.74, 6) is 1.25. The van der Waals surface area contributed by atoms with E-state index in [9.17, 15) is 0 Å². The highest BCUT2D eigenvalue weighted by molar-refractivity contribution is 5.67. The number of pyridine rings is 1. The summed E-state index contributed by atoms with van der Waals surface area (Å²) in [7, 11) is 0. The molecule has 0 aliphatic rings. The number of rotatable bonds is 9. The Morgan fingerprint density at radius 3 is 2.56 bits per heavy atom. The summed E-state index contributed by atoms with van der Waals surface area (Å²) in [5, 5.41) is 6.68. The predicted molar refractivity (Wildman–Crippen MR) is 110 cm³/mol. The van der Waals surface area contributed by atoms with Crippen LogP contribution >= 0.6 is 0 Å². The molecule has 0 spiro atoms. The molecule has 0 bridgehead atoms. The van der Waals surface area contributed by atoms with E-state index in [1.807, 2.05) is 31.2 Å². The van der Waals surface area contributed by atoms with Gasteiger partial charge in [-0.2, -0.15) is 0 Å². The predicted octanol–water partition coefficient (Wildman–Crippen LogP) is 5.21. The highest BCUT2D eigenvalue weighted by Crippen LogP contribution is 2.25. The van der Waals surface area contributed by atoms with Gasteiger partial charge in [-0.3, -0.25) is 0 Å². The van der Waals surface area contributed by atoms with Crippen LogP contribution in [0.25, 0.3) is 5.57 Å². The van der Waals surface area contributed by atoms with Crippen molar-refractivity contribution in [2.75, 3.05) is 22.9 Å². The normalized spacial score (nSPS) is 10.3. The van der Waals surface area contributed by atoms with Crippen molar-refractivity contribution in [2.45, 2.75) is 33.1 Å². The molecule has 0 radical (unpaired) electrons. The minimum atomic E-state index is 0.527. The van der Waals surface area contributed by atoms with Crippen molar-refractivity contribution < 1.29 is 0 Å². The van der Waals surface area contributed by atoms with E-state index in [4.69, 9.17) is 5.73 Å². The summed E-state index contributed by atoms with van der Waals surface area (Å²) in [5.41, 5.74) is 11.2. The monoisotopic (exact) mass is 336 g/mol. The Labute approximate surface area is 150 Å². The molecule has 0 saturated carbocycles. The molecule has 4 nitrogen and oxygen atoms in total. The van der Waals surface area contributed by atoms with Crippen LogP contribution in [0.1, 0.15) is 37.3 Å². The number of anilines is 3. The van der Waals surface area contributed by atoms with Crippen molar-refractivity contribution in [3.8, 4) is 0 Å². The van der Waals surface area contributed by atoms with E-state index in [-0.39, 0.29) is 0 Å². The zero-order chi connectivity index (χ0) is 18.2. The second-order valence-electron chi connectivity index (χ2n) is 6.19. The molecule has 0 atom stereocenters. The standard InChI is InChI=1S/C21H28N4/c1-5-9-16(3)24-20-14-19(17(4)21(22)25-20)23-13-12-15(2)18-10-7-6-8-11-18/h6-8,10-11,14H,2-3,5,9,12-13H2,1,4H3,(H4,22,23,24,25). The van der Waals surface area contributed by atoms with E-state index >= 15 is 0 Å². The quantitative estimate of drug-likeness (QED) is 0.588. The van der Waals surface area contributed by atoms with E-state index < -0.39 is 0 Å². The zero-order valence-corrected chi connectivity index (χ0v) is 15.2. The van der Waals surface area contributed by atoms with Gasteiger partial charge in [0.1, 0.15) is 11.6 Å². The Morgan fingerprint density at radius 1 is 1.16 bits per heavy atom. The Kier molecular flexibility index (Phi) is 6.63. The molecule has 25 heavy (non-hydrogen) atoms. The first-order valence-corrected chi connectivity index (χ1v) is 8.70. The van der Waals surface area contributed by atoms with Crippen LogP contribution < -0.4 is 16.4 Å². The van der Waals surface area contributed by atoms with Crippen molar-refractivity contribution in [3.63, 3.8) is 0 Å². The van der Waals surface area contributed by atoms with Crippen molar-refractivity contribution >= 4 is 22.9 Å². The van der Waals surface area contributed by atoms with E-state index in [0.29, 0.717) is 5.82 Å². The van der Waals surface area contributed by atoms with Crippen molar-refractivity contribution in [1.29, 1.82) is 0 Å². The van der Waals surface area contributed by atoms with E-state index in [2.05, 4.69) is 47.8 Å². The van der Waals surface area contributed by atoms with Gasteiger partial charge in [0.2, 0.25) is 0 Å². The van der Waals surface area contributed by atoms with Gasteiger partial charge >= 0.3 is 0 Å². The van der Waals surface area contributed by atoms with Crippen LogP contribution in [0.4, 0.5) is 17.3 Å². The smallest absolute Gasteiger partial charge is 0.134 e. The van der Waals surface area contributed by atoms with Gasteiger partial charge in [-0.15, -0.1) is 0 Å². The zero-order valence-electron chi connectivity index (χ0n) is 15.2. The maximum absolute atomic E-state index is 6.06. The van der Waals surface area contributed by atoms with Crippen LogP contribution in [0.5, 0.6) is 0 Å². The SMILES string of the molecule is C=C(CCC)Nc1cc(NCCC(=C)c2ccccc2)c(C)c(N)n1. The first-order chi connectivity index (χ1) is 12.0. The Morgan fingerprint density at radius 2 is 1.88 bits per heavy atom. The number of nitrogens with two attached hydrogens (primary N) is 1. The fourth-order valence-electron chi connectivity index (χ4n) is 2.59. The third-order valence-electron chi connectivity index (χ3n) is 4.09. The number of hydrogen-bond donors (Lipinski definition) is 3. The number of benzene rings is 1. The second-order valence-corrected chi connectivity index (χ2v) is 6.19. The van der Waals surface area contributed by atoms with Gasteiger partial charge in [-0.05, 0) is 30.9 Å². The highest BCUT2D eigenvalue weighted by atomic mass is 15.0. The fraction of sp³-hybridized carbons (Fsp3) is 0.286. The number of hydrogen-bond acceptors (Lipinski definition) is 4. The molecule has 4 N–H and O–H groups in total. The molecular formula is C21H28N4. The number of aromatic nitrogens is 1. The number of nitrogen functional groups attached to an aromatic ring is 1. The molecule has 1 aromatic carbocycles. The molecule has 0 aliphatic heterocycles. The molecule has 1 heterocycles. The first kappa shape index (κ1) is 18.6. The minimum Gasteiger partial charge on any atom is -0.384 e. The molecule has 0 saturated heterocycles. The highest BCUT2D eigenvalue weighted by Gasteiger charge is 2.08. The van der Waals surface area contributed by atoms with Gasteiger partial charge in [0.05, 0.1) is 0 Å². The Bertz CT molecular complexity index is 735. The molecule has 0 fully saturated rings. The average molecular weight is 336 g/mol. The summed E-state index contributed by atoms with van der Waals surface area (Å²) in [4.78, 5) is 4.39. The van der Waals surface area contributed by atoms with Crippen LogP contribution in [0.3, 0.4) is 0 Å². The van der Waals surface area contributed by atoms with Crippen LogP contribution in [0, 0.1) is 6.92 Å². The van der Waals surface area contributed by atoms with Gasteiger partial charge in [-0.25, -0.2) is 4.98 Å². The van der Waals surface area contributed by atoms with Gasteiger partial charge in [0, 0.05) is 29.6 Å². The molecule has 2 aromatic rings. The van der Waals surface area contributed by atoms with Crippen LogP contribution in [0.15, 0.2) is 55.3 Å². The molecule has 0 amide bonds. The lowest BCUT2D eigenvalue weighted by Gasteiger charge is -2.15.